The standard InChI is InChI=1S/C5H5Cl2NS/c1-3-2-9-5(8-3)4(6)7/h2,4H,1H3. The Bertz CT molecular complexity index is 197. The van der Waals surface area contributed by atoms with E-state index in [1.807, 2.05) is 12.3 Å². The van der Waals surface area contributed by atoms with Gasteiger partial charge in [-0.15, -0.1) is 11.3 Å². The number of aryl methyl sites for hydroxylation is 1. The maximum absolute atomic E-state index is 5.53. The van der Waals surface area contributed by atoms with Gasteiger partial charge >= 0.3 is 0 Å². The van der Waals surface area contributed by atoms with Crippen LogP contribution in [0.15, 0.2) is 5.38 Å². The van der Waals surface area contributed by atoms with E-state index in [0.717, 1.165) is 10.7 Å². The molecule has 0 N–H and O–H groups in total. The van der Waals surface area contributed by atoms with Crippen molar-refractivity contribution in [3.8, 4) is 0 Å². The van der Waals surface area contributed by atoms with Crippen molar-refractivity contribution in [3.63, 3.8) is 0 Å². The molecule has 0 saturated heterocycles. The number of nitrogens with zero attached hydrogens (tertiary/aromatic N) is 1. The third-order valence-electron chi connectivity index (χ3n) is 0.823. The lowest BCUT2D eigenvalue weighted by Crippen LogP contribution is -1.77. The average molecular weight is 182 g/mol. The molecule has 9 heavy (non-hydrogen) atoms. The fourth-order valence-corrected chi connectivity index (χ4v) is 1.52. The number of hydrogen-bond acceptors (Lipinski definition) is 2. The highest BCUT2D eigenvalue weighted by atomic mass is 35.5. The van der Waals surface area contributed by atoms with Crippen LogP contribution >= 0.6 is 34.5 Å². The van der Waals surface area contributed by atoms with E-state index in [-0.39, 0.29) is 0 Å². The molecule has 1 aromatic heterocycles. The Kier molecular flexibility index (Phi) is 2.33. The summed E-state index contributed by atoms with van der Waals surface area (Å²) in [4.78, 5) is 3.60. The predicted octanol–water partition coefficient (Wildman–Crippen LogP) is 2.93. The molecular weight excluding hydrogens is 177 g/mol. The molecule has 0 spiro atoms. The minimum atomic E-state index is -0.469. The van der Waals surface area contributed by atoms with E-state index < -0.39 is 4.84 Å². The Morgan fingerprint density at radius 3 is 2.56 bits per heavy atom. The minimum Gasteiger partial charge on any atom is -0.244 e. The molecule has 0 aliphatic rings. The fourth-order valence-electron chi connectivity index (χ4n) is 0.472. The molecule has 0 fully saturated rings. The summed E-state index contributed by atoms with van der Waals surface area (Å²) < 4.78 is 0. The zero-order chi connectivity index (χ0) is 6.85. The molecule has 0 aromatic carbocycles. The number of rotatable bonds is 1. The Labute approximate surface area is 67.6 Å². The first kappa shape index (κ1) is 7.32. The molecule has 0 saturated carbocycles. The van der Waals surface area contributed by atoms with Crippen molar-refractivity contribution >= 4 is 34.5 Å². The van der Waals surface area contributed by atoms with Crippen molar-refractivity contribution < 1.29 is 0 Å². The first-order chi connectivity index (χ1) is 4.20. The second kappa shape index (κ2) is 2.86. The summed E-state index contributed by atoms with van der Waals surface area (Å²) in [6, 6.07) is 0. The van der Waals surface area contributed by atoms with Gasteiger partial charge in [0.15, 0.2) is 4.84 Å². The normalized spacial score (nSPS) is 10.7. The monoisotopic (exact) mass is 181 g/mol. The second-order valence-corrected chi connectivity index (χ2v) is 3.61. The van der Waals surface area contributed by atoms with E-state index >= 15 is 0 Å². The molecule has 0 radical (unpaired) electrons. The van der Waals surface area contributed by atoms with E-state index in [2.05, 4.69) is 4.98 Å². The third kappa shape index (κ3) is 1.81. The van der Waals surface area contributed by atoms with Gasteiger partial charge < -0.3 is 0 Å². The van der Waals surface area contributed by atoms with Gasteiger partial charge in [0.05, 0.1) is 0 Å². The van der Waals surface area contributed by atoms with Gasteiger partial charge in [0.1, 0.15) is 5.01 Å². The van der Waals surface area contributed by atoms with E-state index in [4.69, 9.17) is 23.2 Å². The van der Waals surface area contributed by atoms with Crippen LogP contribution in [0.1, 0.15) is 15.5 Å². The van der Waals surface area contributed by atoms with Gasteiger partial charge in [-0.25, -0.2) is 4.98 Å². The van der Waals surface area contributed by atoms with Crippen molar-refractivity contribution in [1.82, 2.24) is 4.98 Å². The van der Waals surface area contributed by atoms with Crippen LogP contribution in [0.4, 0.5) is 0 Å². The lowest BCUT2D eigenvalue weighted by molar-refractivity contribution is 1.16. The van der Waals surface area contributed by atoms with Gasteiger partial charge in [-0.05, 0) is 6.92 Å². The summed E-state index contributed by atoms with van der Waals surface area (Å²) in [5.74, 6) is 0. The number of aromatic nitrogens is 1. The summed E-state index contributed by atoms with van der Waals surface area (Å²) in [5.41, 5.74) is 0.973. The van der Waals surface area contributed by atoms with Crippen LogP contribution in [0.3, 0.4) is 0 Å². The smallest absolute Gasteiger partial charge is 0.159 e. The lowest BCUT2D eigenvalue weighted by atomic mass is 10.6. The Morgan fingerprint density at radius 2 is 2.33 bits per heavy atom. The van der Waals surface area contributed by atoms with Crippen molar-refractivity contribution in [3.05, 3.63) is 16.1 Å². The van der Waals surface area contributed by atoms with Gasteiger partial charge in [-0.3, -0.25) is 0 Å². The summed E-state index contributed by atoms with van der Waals surface area (Å²) >= 11 is 12.5. The molecule has 1 aromatic rings. The second-order valence-electron chi connectivity index (χ2n) is 1.63. The van der Waals surface area contributed by atoms with E-state index in [9.17, 15) is 0 Å². The number of halogens is 2. The van der Waals surface area contributed by atoms with E-state index in [1.54, 1.807) is 0 Å². The zero-order valence-electron chi connectivity index (χ0n) is 4.77. The van der Waals surface area contributed by atoms with Crippen LogP contribution in [0.2, 0.25) is 0 Å². The van der Waals surface area contributed by atoms with Crippen molar-refractivity contribution in [1.29, 1.82) is 0 Å². The van der Waals surface area contributed by atoms with E-state index in [1.165, 1.54) is 11.3 Å². The van der Waals surface area contributed by atoms with Crippen LogP contribution in [-0.2, 0) is 0 Å². The van der Waals surface area contributed by atoms with Crippen LogP contribution in [-0.4, -0.2) is 4.98 Å². The first-order valence-electron chi connectivity index (χ1n) is 2.40. The van der Waals surface area contributed by atoms with Gasteiger partial charge in [-0.1, -0.05) is 23.2 Å². The van der Waals surface area contributed by atoms with Gasteiger partial charge in [0, 0.05) is 11.1 Å². The fraction of sp³-hybridized carbons (Fsp3) is 0.400. The van der Waals surface area contributed by atoms with Crippen LogP contribution < -0.4 is 0 Å². The average Bonchev–Trinajstić information content (AvgIpc) is 2.14. The van der Waals surface area contributed by atoms with Crippen molar-refractivity contribution in [2.45, 2.75) is 11.8 Å². The number of hydrogen-bond donors (Lipinski definition) is 0. The molecule has 0 unspecified atom stereocenters. The Balaban J connectivity index is 2.85. The summed E-state index contributed by atoms with van der Waals surface area (Å²) in [6.07, 6.45) is 0. The molecule has 0 aliphatic heterocycles. The highest BCUT2D eigenvalue weighted by Crippen LogP contribution is 2.26. The number of thiazole rings is 1. The van der Waals surface area contributed by atoms with Gasteiger partial charge in [0.2, 0.25) is 0 Å². The van der Waals surface area contributed by atoms with Crippen LogP contribution in [0.25, 0.3) is 0 Å². The quantitative estimate of drug-likeness (QED) is 0.608. The molecule has 0 amide bonds. The van der Waals surface area contributed by atoms with Crippen molar-refractivity contribution in [2.24, 2.45) is 0 Å². The van der Waals surface area contributed by atoms with Crippen molar-refractivity contribution in [2.75, 3.05) is 0 Å². The predicted molar refractivity (Wildman–Crippen MR) is 41.3 cm³/mol. The van der Waals surface area contributed by atoms with Gasteiger partial charge in [0.25, 0.3) is 0 Å². The van der Waals surface area contributed by atoms with E-state index in [0.29, 0.717) is 0 Å². The maximum Gasteiger partial charge on any atom is 0.159 e. The molecule has 1 nitrogen and oxygen atoms in total. The molecule has 0 bridgehead atoms. The third-order valence-corrected chi connectivity index (χ3v) is 2.52. The largest absolute Gasteiger partial charge is 0.244 e. The summed E-state index contributed by atoms with van der Waals surface area (Å²) in [7, 11) is 0. The Morgan fingerprint density at radius 1 is 1.67 bits per heavy atom. The van der Waals surface area contributed by atoms with Crippen LogP contribution in [0, 0.1) is 6.92 Å². The molecule has 0 atom stereocenters. The number of alkyl halides is 2. The highest BCUT2D eigenvalue weighted by molar-refractivity contribution is 7.10. The molecular formula is C5H5Cl2NS. The first-order valence-corrected chi connectivity index (χ1v) is 4.15. The van der Waals surface area contributed by atoms with Crippen LogP contribution in [0.5, 0.6) is 0 Å². The molecule has 1 rings (SSSR count). The topological polar surface area (TPSA) is 12.9 Å². The summed E-state index contributed by atoms with van der Waals surface area (Å²) in [5, 5.41) is 2.70. The molecule has 4 heteroatoms. The summed E-state index contributed by atoms with van der Waals surface area (Å²) in [6.45, 7) is 1.91. The molecule has 1 heterocycles. The molecule has 0 aliphatic carbocycles. The zero-order valence-corrected chi connectivity index (χ0v) is 7.09. The lowest BCUT2D eigenvalue weighted by Gasteiger charge is -1.89. The molecule has 50 valence electrons. The SMILES string of the molecule is Cc1csc(C(Cl)Cl)n1. The Hall–Kier alpha value is 0.210. The minimum absolute atomic E-state index is 0.469. The van der Waals surface area contributed by atoms with Gasteiger partial charge in [-0.2, -0.15) is 0 Å². The maximum atomic E-state index is 5.53. The highest BCUT2D eigenvalue weighted by Gasteiger charge is 2.05.